The number of rotatable bonds is 2. The summed E-state index contributed by atoms with van der Waals surface area (Å²) in [5, 5.41) is 12.6. The third-order valence-electron chi connectivity index (χ3n) is 2.42. The first kappa shape index (κ1) is 12.8. The van der Waals surface area contributed by atoms with Crippen molar-refractivity contribution < 1.29 is 9.90 Å². The van der Waals surface area contributed by atoms with Gasteiger partial charge in [-0.3, -0.25) is 4.79 Å². The lowest BCUT2D eigenvalue weighted by atomic mass is 10.2. The smallest absolute Gasteiger partial charge is 0.272 e. The van der Waals surface area contributed by atoms with E-state index in [2.05, 4.69) is 10.3 Å². The van der Waals surface area contributed by atoms with Crippen molar-refractivity contribution in [2.24, 2.45) is 0 Å². The summed E-state index contributed by atoms with van der Waals surface area (Å²) in [6.07, 6.45) is 0. The van der Waals surface area contributed by atoms with Crippen LogP contribution in [0.2, 0.25) is 10.2 Å². The highest BCUT2D eigenvalue weighted by atomic mass is 35.5. The normalized spacial score (nSPS) is 10.4. The standard InChI is InChI=1S/C12H10Cl2N2O2/c1-6-4-7(2-3-10(6)17)15-12(18)9-5-8(13)11(14)16-9/h2-5,16-17H,1H3,(H,15,18). The fourth-order valence-corrected chi connectivity index (χ4v) is 1.77. The molecule has 0 saturated carbocycles. The molecule has 0 saturated heterocycles. The number of halogens is 2. The van der Waals surface area contributed by atoms with Gasteiger partial charge in [-0.2, -0.15) is 0 Å². The number of aryl methyl sites for hydroxylation is 1. The number of aromatic hydroxyl groups is 1. The van der Waals surface area contributed by atoms with Gasteiger partial charge >= 0.3 is 0 Å². The molecule has 18 heavy (non-hydrogen) atoms. The van der Waals surface area contributed by atoms with Crippen molar-refractivity contribution >= 4 is 34.8 Å². The Kier molecular flexibility index (Phi) is 3.50. The number of anilines is 1. The highest BCUT2D eigenvalue weighted by Gasteiger charge is 2.12. The van der Waals surface area contributed by atoms with Crippen LogP contribution >= 0.6 is 23.2 Å². The first-order chi connectivity index (χ1) is 8.47. The van der Waals surface area contributed by atoms with E-state index in [1.165, 1.54) is 12.1 Å². The van der Waals surface area contributed by atoms with Gasteiger partial charge in [0, 0.05) is 5.69 Å². The molecule has 0 fully saturated rings. The minimum atomic E-state index is -0.353. The number of hydrogen-bond donors (Lipinski definition) is 3. The van der Waals surface area contributed by atoms with Crippen LogP contribution in [0.3, 0.4) is 0 Å². The number of nitrogens with one attached hydrogen (secondary N) is 2. The molecule has 0 atom stereocenters. The summed E-state index contributed by atoms with van der Waals surface area (Å²) >= 11 is 11.5. The van der Waals surface area contributed by atoms with Crippen LogP contribution in [-0.4, -0.2) is 16.0 Å². The summed E-state index contributed by atoms with van der Waals surface area (Å²) in [4.78, 5) is 14.5. The zero-order valence-corrected chi connectivity index (χ0v) is 10.9. The number of phenolic OH excluding ortho intramolecular Hbond substituents is 1. The molecule has 0 unspecified atom stereocenters. The van der Waals surface area contributed by atoms with E-state index >= 15 is 0 Å². The molecular formula is C12H10Cl2N2O2. The van der Waals surface area contributed by atoms with Gasteiger partial charge in [0.2, 0.25) is 0 Å². The van der Waals surface area contributed by atoms with Gasteiger partial charge in [-0.15, -0.1) is 0 Å². The molecule has 2 aromatic rings. The molecule has 0 aliphatic rings. The molecule has 3 N–H and O–H groups in total. The van der Waals surface area contributed by atoms with E-state index in [0.29, 0.717) is 16.3 Å². The third kappa shape index (κ3) is 2.60. The molecule has 4 nitrogen and oxygen atoms in total. The molecule has 2 rings (SSSR count). The van der Waals surface area contributed by atoms with E-state index in [1.807, 2.05) is 0 Å². The molecule has 1 aromatic heterocycles. The predicted molar refractivity (Wildman–Crippen MR) is 71.6 cm³/mol. The Labute approximate surface area is 114 Å². The Morgan fingerprint density at radius 1 is 1.33 bits per heavy atom. The van der Waals surface area contributed by atoms with Crippen molar-refractivity contribution in [1.82, 2.24) is 4.98 Å². The molecule has 1 amide bonds. The van der Waals surface area contributed by atoms with Crippen LogP contribution in [-0.2, 0) is 0 Å². The number of aromatic nitrogens is 1. The lowest BCUT2D eigenvalue weighted by Crippen LogP contribution is -2.12. The summed E-state index contributed by atoms with van der Waals surface area (Å²) in [7, 11) is 0. The topological polar surface area (TPSA) is 65.1 Å². The second kappa shape index (κ2) is 4.92. The fourth-order valence-electron chi connectivity index (χ4n) is 1.46. The molecule has 0 aliphatic carbocycles. The molecule has 6 heteroatoms. The molecule has 0 spiro atoms. The lowest BCUT2D eigenvalue weighted by Gasteiger charge is -2.05. The zero-order valence-electron chi connectivity index (χ0n) is 9.42. The number of hydrogen-bond acceptors (Lipinski definition) is 2. The van der Waals surface area contributed by atoms with Crippen molar-refractivity contribution in [3.63, 3.8) is 0 Å². The Morgan fingerprint density at radius 3 is 2.61 bits per heavy atom. The molecular weight excluding hydrogens is 275 g/mol. The van der Waals surface area contributed by atoms with E-state index in [9.17, 15) is 9.90 Å². The second-order valence-corrected chi connectivity index (χ2v) is 4.59. The van der Waals surface area contributed by atoms with Crippen molar-refractivity contribution in [2.75, 3.05) is 5.32 Å². The number of carbonyl (C=O) groups excluding carboxylic acids is 1. The van der Waals surface area contributed by atoms with E-state index in [0.717, 1.165) is 0 Å². The average molecular weight is 285 g/mol. The summed E-state index contributed by atoms with van der Waals surface area (Å²) in [6, 6.07) is 6.23. The maximum atomic E-state index is 11.9. The summed E-state index contributed by atoms with van der Waals surface area (Å²) in [5.74, 6) is -0.173. The second-order valence-electron chi connectivity index (χ2n) is 3.80. The number of aromatic amines is 1. The van der Waals surface area contributed by atoms with Crippen molar-refractivity contribution in [3.05, 3.63) is 45.7 Å². The largest absolute Gasteiger partial charge is 0.508 e. The van der Waals surface area contributed by atoms with E-state index in [4.69, 9.17) is 23.2 Å². The molecule has 1 aromatic carbocycles. The van der Waals surface area contributed by atoms with Crippen LogP contribution in [0.4, 0.5) is 5.69 Å². The number of phenols is 1. The monoisotopic (exact) mass is 284 g/mol. The predicted octanol–water partition coefficient (Wildman–Crippen LogP) is 3.59. The van der Waals surface area contributed by atoms with E-state index in [1.54, 1.807) is 19.1 Å². The highest BCUT2D eigenvalue weighted by molar-refractivity contribution is 6.41. The lowest BCUT2D eigenvalue weighted by molar-refractivity contribution is 0.102. The summed E-state index contributed by atoms with van der Waals surface area (Å²) in [5.41, 5.74) is 1.53. The van der Waals surface area contributed by atoms with Gasteiger partial charge < -0.3 is 15.4 Å². The summed E-state index contributed by atoms with van der Waals surface area (Å²) < 4.78 is 0. The van der Waals surface area contributed by atoms with Crippen molar-refractivity contribution in [3.8, 4) is 5.75 Å². The minimum Gasteiger partial charge on any atom is -0.508 e. The van der Waals surface area contributed by atoms with Gasteiger partial charge in [0.25, 0.3) is 5.91 Å². The van der Waals surface area contributed by atoms with Gasteiger partial charge in [-0.1, -0.05) is 23.2 Å². The Balaban J connectivity index is 2.18. The van der Waals surface area contributed by atoms with Crippen LogP contribution in [0.1, 0.15) is 16.1 Å². The first-order valence-corrected chi connectivity index (χ1v) is 5.88. The van der Waals surface area contributed by atoms with Crippen LogP contribution < -0.4 is 5.32 Å². The third-order valence-corrected chi connectivity index (χ3v) is 3.12. The number of amides is 1. The highest BCUT2D eigenvalue weighted by Crippen LogP contribution is 2.23. The average Bonchev–Trinajstić information content (AvgIpc) is 2.65. The Morgan fingerprint density at radius 2 is 2.06 bits per heavy atom. The van der Waals surface area contributed by atoms with Crippen LogP contribution in [0, 0.1) is 6.92 Å². The number of benzene rings is 1. The SMILES string of the molecule is Cc1cc(NC(=O)c2cc(Cl)c(Cl)[nH]2)ccc1O. The van der Waals surface area contributed by atoms with Gasteiger partial charge in [0.15, 0.2) is 0 Å². The summed E-state index contributed by atoms with van der Waals surface area (Å²) in [6.45, 7) is 1.74. The zero-order chi connectivity index (χ0) is 13.3. The van der Waals surface area contributed by atoms with Crippen LogP contribution in [0.15, 0.2) is 24.3 Å². The van der Waals surface area contributed by atoms with Gasteiger partial charge in [0.1, 0.15) is 16.6 Å². The van der Waals surface area contributed by atoms with Gasteiger partial charge in [-0.25, -0.2) is 0 Å². The van der Waals surface area contributed by atoms with Crippen LogP contribution in [0.5, 0.6) is 5.75 Å². The maximum absolute atomic E-state index is 11.9. The van der Waals surface area contributed by atoms with Crippen LogP contribution in [0.25, 0.3) is 0 Å². The Bertz CT molecular complexity index is 589. The quantitative estimate of drug-likeness (QED) is 0.738. The molecule has 94 valence electrons. The fraction of sp³-hybridized carbons (Fsp3) is 0.0833. The number of carbonyl (C=O) groups is 1. The molecule has 1 heterocycles. The minimum absolute atomic E-state index is 0.180. The van der Waals surface area contributed by atoms with Crippen molar-refractivity contribution in [1.29, 1.82) is 0 Å². The van der Waals surface area contributed by atoms with Crippen molar-refractivity contribution in [2.45, 2.75) is 6.92 Å². The van der Waals surface area contributed by atoms with E-state index < -0.39 is 0 Å². The van der Waals surface area contributed by atoms with E-state index in [-0.39, 0.29) is 22.5 Å². The Hall–Kier alpha value is -1.65. The first-order valence-electron chi connectivity index (χ1n) is 5.12. The van der Waals surface area contributed by atoms with Gasteiger partial charge in [0.05, 0.1) is 5.02 Å². The maximum Gasteiger partial charge on any atom is 0.272 e. The molecule has 0 aliphatic heterocycles. The number of H-pyrrole nitrogens is 1. The van der Waals surface area contributed by atoms with Gasteiger partial charge in [-0.05, 0) is 36.8 Å². The molecule has 0 bridgehead atoms. The molecule has 0 radical (unpaired) electrons.